The van der Waals surface area contributed by atoms with Crippen molar-refractivity contribution in [1.82, 2.24) is 19.4 Å². The molecule has 2 aromatic carbocycles. The number of methoxy groups -OCH3 is 1. The maximum Gasteiger partial charge on any atom is 0.224 e. The molecule has 0 saturated carbocycles. The Hall–Kier alpha value is -3.75. The van der Waals surface area contributed by atoms with Crippen LogP contribution in [0.25, 0.3) is 22.0 Å². The number of aromatic nitrogens is 3. The third-order valence-electron chi connectivity index (χ3n) is 8.06. The van der Waals surface area contributed by atoms with Crippen molar-refractivity contribution in [3.63, 3.8) is 0 Å². The van der Waals surface area contributed by atoms with Gasteiger partial charge in [0.2, 0.25) is 11.9 Å². The highest BCUT2D eigenvalue weighted by Crippen LogP contribution is 2.36. The fraction of sp³-hybridized carbons (Fsp3) is 0.406. The van der Waals surface area contributed by atoms with Gasteiger partial charge in [-0.25, -0.2) is 9.97 Å². The number of ether oxygens (including phenoxy) is 1. The largest absolute Gasteiger partial charge is 0.385 e. The molecule has 1 saturated heterocycles. The summed E-state index contributed by atoms with van der Waals surface area (Å²) >= 11 is 0. The maximum atomic E-state index is 13.4. The predicted octanol–water partition coefficient (Wildman–Crippen LogP) is 4.69. The van der Waals surface area contributed by atoms with Crippen LogP contribution in [-0.2, 0) is 22.5 Å². The number of benzene rings is 2. The number of anilines is 1. The van der Waals surface area contributed by atoms with Gasteiger partial charge in [-0.05, 0) is 55.4 Å². The van der Waals surface area contributed by atoms with Crippen LogP contribution in [0.1, 0.15) is 48.4 Å². The minimum absolute atomic E-state index is 0.146. The van der Waals surface area contributed by atoms with E-state index in [-0.39, 0.29) is 17.9 Å². The number of piperidine rings is 1. The number of carbonyl (C=O) groups excluding carboxylic acids is 1. The van der Waals surface area contributed by atoms with E-state index in [1.807, 2.05) is 17.0 Å². The number of fused-ring (bicyclic) bond motifs is 1. The topological polar surface area (TPSA) is 112 Å². The summed E-state index contributed by atoms with van der Waals surface area (Å²) in [6.07, 6.45) is 7.47. The number of nitrogens with two attached hydrogens (primary N) is 2. The van der Waals surface area contributed by atoms with Crippen LogP contribution in [0.3, 0.4) is 0 Å². The highest BCUT2D eigenvalue weighted by atomic mass is 16.5. The lowest BCUT2D eigenvalue weighted by atomic mass is 9.91. The molecule has 8 nitrogen and oxygen atoms in total. The van der Waals surface area contributed by atoms with Crippen LogP contribution in [0, 0.1) is 6.92 Å². The molecule has 5 rings (SSSR count). The summed E-state index contributed by atoms with van der Waals surface area (Å²) in [5, 5.41) is 1.30. The van der Waals surface area contributed by atoms with Crippen molar-refractivity contribution >= 4 is 22.8 Å². The van der Waals surface area contributed by atoms with Gasteiger partial charge in [0, 0.05) is 86.3 Å². The Morgan fingerprint density at radius 3 is 2.60 bits per heavy atom. The molecular weight excluding hydrogens is 500 g/mol. The van der Waals surface area contributed by atoms with Crippen LogP contribution >= 0.6 is 0 Å². The second-order valence-electron chi connectivity index (χ2n) is 10.9. The average Bonchev–Trinajstić information content (AvgIpc) is 3.25. The summed E-state index contributed by atoms with van der Waals surface area (Å²) in [4.78, 5) is 23.6. The first-order valence-electron chi connectivity index (χ1n) is 14.2. The molecule has 8 heteroatoms. The van der Waals surface area contributed by atoms with Crippen molar-refractivity contribution in [3.8, 4) is 11.1 Å². The number of aryl methyl sites for hydroxylation is 2. The molecule has 4 aromatic rings. The third-order valence-corrected chi connectivity index (χ3v) is 8.06. The van der Waals surface area contributed by atoms with Gasteiger partial charge in [-0.1, -0.05) is 42.5 Å². The first kappa shape index (κ1) is 27.8. The molecule has 0 radical (unpaired) electrons. The second-order valence-corrected chi connectivity index (χ2v) is 10.9. The molecule has 40 heavy (non-hydrogen) atoms. The Morgan fingerprint density at radius 2 is 1.85 bits per heavy atom. The van der Waals surface area contributed by atoms with Gasteiger partial charge in [0.1, 0.15) is 0 Å². The van der Waals surface area contributed by atoms with E-state index in [2.05, 4.69) is 57.9 Å². The van der Waals surface area contributed by atoms with Gasteiger partial charge in [0.05, 0.1) is 0 Å². The van der Waals surface area contributed by atoms with Gasteiger partial charge in [-0.3, -0.25) is 4.79 Å². The van der Waals surface area contributed by atoms with E-state index in [1.54, 1.807) is 19.5 Å². The van der Waals surface area contributed by atoms with E-state index in [4.69, 9.17) is 16.2 Å². The summed E-state index contributed by atoms with van der Waals surface area (Å²) in [6, 6.07) is 16.6. The van der Waals surface area contributed by atoms with Crippen molar-refractivity contribution in [3.05, 3.63) is 77.7 Å². The van der Waals surface area contributed by atoms with Gasteiger partial charge in [0.25, 0.3) is 0 Å². The molecule has 4 N–H and O–H groups in total. The van der Waals surface area contributed by atoms with Gasteiger partial charge in [0.15, 0.2) is 0 Å². The zero-order valence-electron chi connectivity index (χ0n) is 23.6. The fourth-order valence-electron chi connectivity index (χ4n) is 6.11. The summed E-state index contributed by atoms with van der Waals surface area (Å²) in [5.41, 5.74) is 19.1. The van der Waals surface area contributed by atoms with Crippen molar-refractivity contribution in [2.75, 3.05) is 32.5 Å². The van der Waals surface area contributed by atoms with Crippen molar-refractivity contribution in [2.24, 2.45) is 5.73 Å². The Morgan fingerprint density at radius 1 is 1.10 bits per heavy atom. The lowest BCUT2D eigenvalue weighted by molar-refractivity contribution is -0.132. The Kier molecular flexibility index (Phi) is 8.77. The normalized spacial score (nSPS) is 16.4. The molecule has 1 aliphatic heterocycles. The summed E-state index contributed by atoms with van der Waals surface area (Å²) in [6.45, 7) is 5.41. The van der Waals surface area contributed by atoms with E-state index < -0.39 is 0 Å². The number of para-hydroxylation sites is 1. The molecule has 1 amide bonds. The number of rotatable bonds is 10. The maximum absolute atomic E-state index is 13.4. The lowest BCUT2D eigenvalue weighted by Gasteiger charge is -2.34. The molecule has 1 aliphatic rings. The number of hydrogen-bond acceptors (Lipinski definition) is 6. The molecule has 0 aliphatic carbocycles. The molecule has 3 heterocycles. The zero-order chi connectivity index (χ0) is 28.1. The number of amides is 1. The van der Waals surface area contributed by atoms with E-state index in [0.717, 1.165) is 62.2 Å². The highest BCUT2D eigenvalue weighted by molar-refractivity contribution is 5.85. The minimum Gasteiger partial charge on any atom is -0.385 e. The zero-order valence-corrected chi connectivity index (χ0v) is 23.6. The second kappa shape index (κ2) is 12.6. The standard InChI is InChI=1S/C32H40N6O2/c1-22-28-8-3-4-9-29(28)38(15-6-16-40-2)31(22)25-7-5-14-37(21-25)30(39)18-27(33)17-23-10-12-24(13-11-23)26-19-35-32(34)36-20-26/h3-4,8-13,19-20,25,27H,5-7,14-18,21,33H2,1-2H3,(H2,34,35,36)/t25?,27-/m1/s1. The first-order chi connectivity index (χ1) is 19.4. The van der Waals surface area contributed by atoms with E-state index in [9.17, 15) is 4.79 Å². The van der Waals surface area contributed by atoms with Gasteiger partial charge < -0.3 is 25.7 Å². The molecule has 0 spiro atoms. The smallest absolute Gasteiger partial charge is 0.224 e. The lowest BCUT2D eigenvalue weighted by Crippen LogP contribution is -2.42. The van der Waals surface area contributed by atoms with Crippen LogP contribution in [-0.4, -0.2) is 58.2 Å². The predicted molar refractivity (Wildman–Crippen MR) is 160 cm³/mol. The fourth-order valence-corrected chi connectivity index (χ4v) is 6.11. The molecule has 0 bridgehead atoms. The van der Waals surface area contributed by atoms with E-state index >= 15 is 0 Å². The number of nitrogens with zero attached hydrogens (tertiary/aromatic N) is 4. The summed E-state index contributed by atoms with van der Waals surface area (Å²) in [7, 11) is 1.75. The van der Waals surface area contributed by atoms with Gasteiger partial charge >= 0.3 is 0 Å². The number of likely N-dealkylation sites (tertiary alicyclic amines) is 1. The van der Waals surface area contributed by atoms with Crippen molar-refractivity contribution in [1.29, 1.82) is 0 Å². The number of nitrogen functional groups attached to an aromatic ring is 1. The molecule has 2 aromatic heterocycles. The number of carbonyl (C=O) groups is 1. The van der Waals surface area contributed by atoms with E-state index in [1.165, 1.54) is 22.2 Å². The van der Waals surface area contributed by atoms with Crippen LogP contribution in [0.2, 0.25) is 0 Å². The highest BCUT2D eigenvalue weighted by Gasteiger charge is 2.29. The van der Waals surface area contributed by atoms with Crippen LogP contribution in [0.15, 0.2) is 60.9 Å². The molecule has 1 unspecified atom stereocenters. The Labute approximate surface area is 236 Å². The number of hydrogen-bond donors (Lipinski definition) is 2. The SMILES string of the molecule is COCCCn1c(C2CCCN(C(=O)C[C@H](N)Cc3ccc(-c4cnc(N)nc4)cc3)C2)c(C)c2ccccc21. The van der Waals surface area contributed by atoms with Crippen LogP contribution < -0.4 is 11.5 Å². The summed E-state index contributed by atoms with van der Waals surface area (Å²) in [5.74, 6) is 0.719. The Bertz CT molecular complexity index is 1430. The van der Waals surface area contributed by atoms with Crippen LogP contribution in [0.4, 0.5) is 5.95 Å². The first-order valence-corrected chi connectivity index (χ1v) is 14.2. The summed E-state index contributed by atoms with van der Waals surface area (Å²) < 4.78 is 7.80. The van der Waals surface area contributed by atoms with Gasteiger partial charge in [-0.15, -0.1) is 0 Å². The Balaban J connectivity index is 1.23. The molecule has 1 fully saturated rings. The third kappa shape index (κ3) is 6.18. The quantitative estimate of drug-likeness (QED) is 0.282. The van der Waals surface area contributed by atoms with E-state index in [0.29, 0.717) is 18.8 Å². The average molecular weight is 541 g/mol. The monoisotopic (exact) mass is 540 g/mol. The molecule has 210 valence electrons. The molecule has 2 atom stereocenters. The molecular formula is C32H40N6O2. The van der Waals surface area contributed by atoms with Crippen molar-refractivity contribution in [2.45, 2.75) is 57.5 Å². The van der Waals surface area contributed by atoms with Crippen LogP contribution in [0.5, 0.6) is 0 Å². The van der Waals surface area contributed by atoms with Gasteiger partial charge in [-0.2, -0.15) is 0 Å². The minimum atomic E-state index is -0.235. The van der Waals surface area contributed by atoms with Crippen molar-refractivity contribution < 1.29 is 9.53 Å².